The highest BCUT2D eigenvalue weighted by molar-refractivity contribution is 7.97. The first-order valence-corrected chi connectivity index (χ1v) is 7.24. The molecule has 20 heavy (non-hydrogen) atoms. The third-order valence-electron chi connectivity index (χ3n) is 2.65. The van der Waals surface area contributed by atoms with Gasteiger partial charge in [-0.25, -0.2) is 0 Å². The Morgan fingerprint density at radius 3 is 2.20 bits per heavy atom. The summed E-state index contributed by atoms with van der Waals surface area (Å²) in [7, 11) is 4.69. The predicted molar refractivity (Wildman–Crippen MR) is 76.6 cm³/mol. The lowest BCUT2D eigenvalue weighted by atomic mass is 10.2. The zero-order chi connectivity index (χ0) is 14.5. The molecule has 0 aliphatic heterocycles. The molecule has 0 aliphatic carbocycles. The highest BCUT2D eigenvalue weighted by atomic mass is 32.2. The Kier molecular flexibility index (Phi) is 4.73. The minimum atomic E-state index is 0.424. The molecule has 0 bridgehead atoms. The summed E-state index contributed by atoms with van der Waals surface area (Å²) in [5.41, 5.74) is 0.722. The third-order valence-corrected chi connectivity index (χ3v) is 3.18. The summed E-state index contributed by atoms with van der Waals surface area (Å²) in [6.45, 7) is 0. The maximum atomic E-state index is 5.59. The predicted octanol–water partition coefficient (Wildman–Crippen LogP) is 2.63. The smallest absolute Gasteiger partial charge is 0.248 e. The van der Waals surface area contributed by atoms with Crippen molar-refractivity contribution < 1.29 is 18.6 Å². The van der Waals surface area contributed by atoms with Crippen molar-refractivity contribution in [1.29, 1.82) is 0 Å². The van der Waals surface area contributed by atoms with Crippen molar-refractivity contribution in [2.45, 2.75) is 5.75 Å². The molecule has 0 radical (unpaired) electrons. The number of methoxy groups -OCH3 is 3. The highest BCUT2D eigenvalue weighted by Crippen LogP contribution is 2.40. The zero-order valence-corrected chi connectivity index (χ0v) is 12.6. The Morgan fingerprint density at radius 1 is 1.05 bits per heavy atom. The number of hydrogen-bond acceptors (Lipinski definition) is 7. The standard InChI is InChI=1S/C13H16N2O4S/c1-16-9-5-8(6-10(17-2)12(9)18-3)13-15-14-11(19-13)7-20-4/h5-6H,7H2,1-4H3. The van der Waals surface area contributed by atoms with E-state index in [1.165, 1.54) is 0 Å². The molecule has 1 aromatic heterocycles. The molecule has 0 aliphatic rings. The van der Waals surface area contributed by atoms with Crippen LogP contribution < -0.4 is 14.2 Å². The average molecular weight is 296 g/mol. The number of benzene rings is 1. The van der Waals surface area contributed by atoms with E-state index in [-0.39, 0.29) is 0 Å². The SMILES string of the molecule is COc1cc(-c2nnc(CSC)o2)cc(OC)c1OC. The minimum absolute atomic E-state index is 0.424. The van der Waals surface area contributed by atoms with Crippen molar-refractivity contribution >= 4 is 11.8 Å². The quantitative estimate of drug-likeness (QED) is 0.811. The van der Waals surface area contributed by atoms with Crippen LogP contribution in [0.4, 0.5) is 0 Å². The van der Waals surface area contributed by atoms with Gasteiger partial charge in [-0.3, -0.25) is 0 Å². The maximum Gasteiger partial charge on any atom is 0.248 e. The molecule has 0 spiro atoms. The monoisotopic (exact) mass is 296 g/mol. The molecule has 2 aromatic rings. The molecule has 2 rings (SSSR count). The molecule has 108 valence electrons. The van der Waals surface area contributed by atoms with E-state index < -0.39 is 0 Å². The first kappa shape index (κ1) is 14.5. The van der Waals surface area contributed by atoms with E-state index in [0.717, 1.165) is 5.56 Å². The van der Waals surface area contributed by atoms with Crippen LogP contribution in [0.25, 0.3) is 11.5 Å². The molecular formula is C13H16N2O4S. The Hall–Kier alpha value is -1.89. The molecule has 0 N–H and O–H groups in total. The van der Waals surface area contributed by atoms with Crippen molar-refractivity contribution in [2.75, 3.05) is 27.6 Å². The lowest BCUT2D eigenvalue weighted by Crippen LogP contribution is -1.95. The molecule has 1 aromatic carbocycles. The van der Waals surface area contributed by atoms with Crippen LogP contribution in [0.1, 0.15) is 5.89 Å². The minimum Gasteiger partial charge on any atom is -0.493 e. The summed E-state index contributed by atoms with van der Waals surface area (Å²) in [6.07, 6.45) is 1.98. The van der Waals surface area contributed by atoms with E-state index in [4.69, 9.17) is 18.6 Å². The van der Waals surface area contributed by atoms with Gasteiger partial charge in [0.15, 0.2) is 11.5 Å². The van der Waals surface area contributed by atoms with Crippen LogP contribution in [0, 0.1) is 0 Å². The molecule has 0 amide bonds. The molecule has 0 saturated heterocycles. The number of aromatic nitrogens is 2. The fourth-order valence-electron chi connectivity index (χ4n) is 1.76. The van der Waals surface area contributed by atoms with Crippen molar-refractivity contribution in [3.05, 3.63) is 18.0 Å². The second kappa shape index (κ2) is 6.51. The molecule has 7 heteroatoms. The summed E-state index contributed by atoms with van der Waals surface area (Å²) in [4.78, 5) is 0. The van der Waals surface area contributed by atoms with E-state index in [1.54, 1.807) is 45.2 Å². The lowest BCUT2D eigenvalue weighted by molar-refractivity contribution is 0.324. The topological polar surface area (TPSA) is 66.6 Å². The highest BCUT2D eigenvalue weighted by Gasteiger charge is 2.17. The number of rotatable bonds is 6. The van der Waals surface area contributed by atoms with Crippen LogP contribution in [0.3, 0.4) is 0 Å². The molecule has 0 saturated carbocycles. The van der Waals surface area contributed by atoms with Crippen LogP contribution in [0.2, 0.25) is 0 Å². The Balaban J connectivity index is 2.45. The molecule has 0 fully saturated rings. The zero-order valence-electron chi connectivity index (χ0n) is 11.8. The summed E-state index contributed by atoms with van der Waals surface area (Å²) in [5.74, 6) is 3.31. The van der Waals surface area contributed by atoms with E-state index in [1.807, 2.05) is 6.26 Å². The van der Waals surface area contributed by atoms with Crippen LogP contribution in [0.15, 0.2) is 16.5 Å². The summed E-state index contributed by atoms with van der Waals surface area (Å²) < 4.78 is 21.5. The molecule has 0 unspecified atom stereocenters. The van der Waals surface area contributed by atoms with Gasteiger partial charge in [0.1, 0.15) is 0 Å². The maximum absolute atomic E-state index is 5.59. The second-order valence-electron chi connectivity index (χ2n) is 3.85. The van der Waals surface area contributed by atoms with E-state index in [0.29, 0.717) is 34.8 Å². The number of nitrogens with zero attached hydrogens (tertiary/aromatic N) is 2. The number of hydrogen-bond donors (Lipinski definition) is 0. The van der Waals surface area contributed by atoms with E-state index in [2.05, 4.69) is 10.2 Å². The van der Waals surface area contributed by atoms with Gasteiger partial charge in [0.05, 0.1) is 27.1 Å². The van der Waals surface area contributed by atoms with Gasteiger partial charge in [-0.05, 0) is 18.4 Å². The Morgan fingerprint density at radius 2 is 1.70 bits per heavy atom. The van der Waals surface area contributed by atoms with Gasteiger partial charge >= 0.3 is 0 Å². The first-order chi connectivity index (χ1) is 9.73. The number of ether oxygens (including phenoxy) is 3. The Labute approximate surface area is 121 Å². The van der Waals surface area contributed by atoms with Gasteiger partial charge < -0.3 is 18.6 Å². The van der Waals surface area contributed by atoms with Gasteiger partial charge in [0.25, 0.3) is 0 Å². The van der Waals surface area contributed by atoms with Crippen LogP contribution in [-0.4, -0.2) is 37.8 Å². The van der Waals surface area contributed by atoms with Crippen LogP contribution in [0.5, 0.6) is 17.2 Å². The fraction of sp³-hybridized carbons (Fsp3) is 0.385. The molecular weight excluding hydrogens is 280 g/mol. The number of thioether (sulfide) groups is 1. The van der Waals surface area contributed by atoms with Crippen molar-refractivity contribution in [2.24, 2.45) is 0 Å². The fourth-order valence-corrected chi connectivity index (χ4v) is 2.12. The van der Waals surface area contributed by atoms with Crippen LogP contribution in [-0.2, 0) is 5.75 Å². The van der Waals surface area contributed by atoms with Crippen molar-refractivity contribution in [1.82, 2.24) is 10.2 Å². The second-order valence-corrected chi connectivity index (χ2v) is 4.71. The largest absolute Gasteiger partial charge is 0.493 e. The lowest BCUT2D eigenvalue weighted by Gasteiger charge is -2.12. The average Bonchev–Trinajstić information content (AvgIpc) is 2.94. The van der Waals surface area contributed by atoms with Gasteiger partial charge in [-0.2, -0.15) is 11.8 Å². The summed E-state index contributed by atoms with van der Waals surface area (Å²) in [6, 6.07) is 3.55. The first-order valence-electron chi connectivity index (χ1n) is 5.85. The van der Waals surface area contributed by atoms with Gasteiger partial charge in [0.2, 0.25) is 17.5 Å². The van der Waals surface area contributed by atoms with Crippen LogP contribution >= 0.6 is 11.8 Å². The van der Waals surface area contributed by atoms with E-state index in [9.17, 15) is 0 Å². The Bertz CT molecular complexity index is 560. The summed E-state index contributed by atoms with van der Waals surface area (Å²) >= 11 is 1.62. The van der Waals surface area contributed by atoms with Gasteiger partial charge in [0, 0.05) is 5.56 Å². The van der Waals surface area contributed by atoms with Crippen molar-refractivity contribution in [3.8, 4) is 28.7 Å². The van der Waals surface area contributed by atoms with Gasteiger partial charge in [-0.1, -0.05) is 0 Å². The normalized spacial score (nSPS) is 10.4. The van der Waals surface area contributed by atoms with Crippen molar-refractivity contribution in [3.63, 3.8) is 0 Å². The van der Waals surface area contributed by atoms with Gasteiger partial charge in [-0.15, -0.1) is 10.2 Å². The molecule has 1 heterocycles. The van der Waals surface area contributed by atoms with E-state index >= 15 is 0 Å². The summed E-state index contributed by atoms with van der Waals surface area (Å²) in [5, 5.41) is 8.01. The molecule has 6 nitrogen and oxygen atoms in total. The molecule has 0 atom stereocenters. The third kappa shape index (κ3) is 2.82.